The topological polar surface area (TPSA) is 68.5 Å². The van der Waals surface area contributed by atoms with Crippen LogP contribution in [0.1, 0.15) is 49.7 Å². The molecule has 1 N–H and O–H groups in total. The highest BCUT2D eigenvalue weighted by atomic mass is 16.5. The summed E-state index contributed by atoms with van der Waals surface area (Å²) in [6.07, 6.45) is 1.65. The van der Waals surface area contributed by atoms with E-state index < -0.39 is 17.2 Å². The fourth-order valence-electron chi connectivity index (χ4n) is 3.16. The number of pyridine rings is 1. The Kier molecular flexibility index (Phi) is 3.64. The van der Waals surface area contributed by atoms with Crippen molar-refractivity contribution in [2.45, 2.75) is 44.9 Å². The van der Waals surface area contributed by atoms with Gasteiger partial charge in [0.25, 0.3) is 5.56 Å². The molecule has 0 spiro atoms. The van der Waals surface area contributed by atoms with E-state index in [1.165, 1.54) is 17.6 Å². The largest absolute Gasteiger partial charge is 0.484 e. The Labute approximate surface area is 140 Å². The highest BCUT2D eigenvalue weighted by molar-refractivity contribution is 5.94. The maximum absolute atomic E-state index is 12.4. The minimum atomic E-state index is -1.36. The van der Waals surface area contributed by atoms with Crippen LogP contribution in [-0.4, -0.2) is 26.7 Å². The zero-order chi connectivity index (χ0) is 17.7. The molecule has 0 aliphatic carbocycles. The average molecular weight is 327 g/mol. The van der Waals surface area contributed by atoms with Crippen molar-refractivity contribution in [3.05, 3.63) is 64.1 Å². The van der Waals surface area contributed by atoms with Crippen molar-refractivity contribution in [1.29, 1.82) is 0 Å². The second-order valence-electron chi connectivity index (χ2n) is 6.92. The van der Waals surface area contributed by atoms with Crippen molar-refractivity contribution in [1.82, 2.24) is 4.57 Å². The van der Waals surface area contributed by atoms with E-state index >= 15 is 0 Å². The van der Waals surface area contributed by atoms with Gasteiger partial charge in [-0.3, -0.25) is 9.59 Å². The standard InChI is InChI=1S/C19H21NO4/c1-12(21)13-8-9-15-14(11-13)17(19(4,23)18(2,3)24-15)20-10-6-5-7-16(20)22/h5-11,17,23H,1-4H3. The van der Waals surface area contributed by atoms with Gasteiger partial charge in [0.1, 0.15) is 17.0 Å². The van der Waals surface area contributed by atoms with Gasteiger partial charge in [0, 0.05) is 23.4 Å². The molecular formula is C19H21NO4. The van der Waals surface area contributed by atoms with Gasteiger partial charge < -0.3 is 14.4 Å². The molecule has 0 fully saturated rings. The van der Waals surface area contributed by atoms with Crippen LogP contribution in [0.2, 0.25) is 0 Å². The van der Waals surface area contributed by atoms with Gasteiger partial charge in [0.05, 0.1) is 6.04 Å². The minimum absolute atomic E-state index is 0.0820. The number of hydrogen-bond acceptors (Lipinski definition) is 4. The van der Waals surface area contributed by atoms with Crippen molar-refractivity contribution in [3.8, 4) is 5.75 Å². The van der Waals surface area contributed by atoms with Gasteiger partial charge in [-0.1, -0.05) is 6.07 Å². The molecule has 0 saturated heterocycles. The third-order valence-electron chi connectivity index (χ3n) is 4.96. The highest BCUT2D eigenvalue weighted by Crippen LogP contribution is 2.47. The number of fused-ring (bicyclic) bond motifs is 1. The summed E-state index contributed by atoms with van der Waals surface area (Å²) in [6, 6.07) is 9.31. The highest BCUT2D eigenvalue weighted by Gasteiger charge is 2.53. The first kappa shape index (κ1) is 16.5. The number of hydrogen-bond donors (Lipinski definition) is 1. The van der Waals surface area contributed by atoms with E-state index in [4.69, 9.17) is 4.74 Å². The summed E-state index contributed by atoms with van der Waals surface area (Å²) < 4.78 is 7.48. The molecule has 5 nitrogen and oxygen atoms in total. The molecule has 0 amide bonds. The molecule has 3 rings (SSSR count). The lowest BCUT2D eigenvalue weighted by Gasteiger charge is -2.50. The van der Waals surface area contributed by atoms with Crippen LogP contribution in [0, 0.1) is 0 Å². The van der Waals surface area contributed by atoms with E-state index in [1.54, 1.807) is 57.3 Å². The SMILES string of the molecule is CC(=O)c1ccc2c(c1)C(n1ccccc1=O)C(C)(O)C(C)(C)O2. The van der Waals surface area contributed by atoms with E-state index in [2.05, 4.69) is 0 Å². The first-order valence-electron chi connectivity index (χ1n) is 7.88. The smallest absolute Gasteiger partial charge is 0.251 e. The van der Waals surface area contributed by atoms with Crippen molar-refractivity contribution in [2.24, 2.45) is 0 Å². The first-order valence-corrected chi connectivity index (χ1v) is 7.88. The number of nitrogens with zero attached hydrogens (tertiary/aromatic N) is 1. The molecule has 1 aliphatic heterocycles. The van der Waals surface area contributed by atoms with Crippen LogP contribution in [0.5, 0.6) is 5.75 Å². The summed E-state index contributed by atoms with van der Waals surface area (Å²) in [5, 5.41) is 11.2. The van der Waals surface area contributed by atoms with Gasteiger partial charge in [0.15, 0.2) is 5.78 Å². The molecule has 0 saturated carbocycles. The van der Waals surface area contributed by atoms with E-state index in [0.29, 0.717) is 16.9 Å². The Hall–Kier alpha value is -2.40. The van der Waals surface area contributed by atoms with Gasteiger partial charge in [-0.2, -0.15) is 0 Å². The van der Waals surface area contributed by atoms with Gasteiger partial charge in [-0.15, -0.1) is 0 Å². The van der Waals surface area contributed by atoms with Gasteiger partial charge in [0.2, 0.25) is 0 Å². The Morgan fingerprint density at radius 3 is 2.54 bits per heavy atom. The Morgan fingerprint density at radius 1 is 1.21 bits per heavy atom. The molecule has 0 bridgehead atoms. The van der Waals surface area contributed by atoms with Crippen molar-refractivity contribution in [2.75, 3.05) is 0 Å². The van der Waals surface area contributed by atoms with Crippen molar-refractivity contribution < 1.29 is 14.6 Å². The summed E-state index contributed by atoms with van der Waals surface area (Å²) in [6.45, 7) is 6.71. The van der Waals surface area contributed by atoms with Crippen LogP contribution in [0.3, 0.4) is 0 Å². The molecule has 2 atom stereocenters. The van der Waals surface area contributed by atoms with E-state index in [0.717, 1.165) is 0 Å². The molecule has 1 aromatic carbocycles. The molecule has 24 heavy (non-hydrogen) atoms. The van der Waals surface area contributed by atoms with Crippen molar-refractivity contribution in [3.63, 3.8) is 0 Å². The van der Waals surface area contributed by atoms with Crippen LogP contribution in [0.15, 0.2) is 47.4 Å². The Bertz CT molecular complexity index is 864. The van der Waals surface area contributed by atoms with Crippen molar-refractivity contribution >= 4 is 5.78 Å². The zero-order valence-electron chi connectivity index (χ0n) is 14.2. The van der Waals surface area contributed by atoms with Crippen LogP contribution in [0.4, 0.5) is 0 Å². The maximum Gasteiger partial charge on any atom is 0.251 e. The number of carbonyl (C=O) groups is 1. The molecule has 2 heterocycles. The molecule has 126 valence electrons. The number of Topliss-reactive ketones (excluding diaryl/α,β-unsaturated/α-hetero) is 1. The third kappa shape index (κ3) is 2.36. The number of aromatic nitrogens is 1. The molecule has 1 aliphatic rings. The predicted octanol–water partition coefficient (Wildman–Crippen LogP) is 2.56. The number of ether oxygens (including phenoxy) is 1. The van der Waals surface area contributed by atoms with E-state index in [-0.39, 0.29) is 11.3 Å². The third-order valence-corrected chi connectivity index (χ3v) is 4.96. The molecule has 1 aromatic heterocycles. The Morgan fingerprint density at radius 2 is 1.92 bits per heavy atom. The fraction of sp³-hybridized carbons (Fsp3) is 0.368. The quantitative estimate of drug-likeness (QED) is 0.861. The molecular weight excluding hydrogens is 306 g/mol. The number of benzene rings is 1. The van der Waals surface area contributed by atoms with Crippen LogP contribution in [0.25, 0.3) is 0 Å². The van der Waals surface area contributed by atoms with E-state index in [9.17, 15) is 14.7 Å². The summed E-state index contributed by atoms with van der Waals surface area (Å²) >= 11 is 0. The first-order chi connectivity index (χ1) is 11.1. The molecule has 5 heteroatoms. The lowest BCUT2D eigenvalue weighted by atomic mass is 9.75. The van der Waals surface area contributed by atoms with Gasteiger partial charge >= 0.3 is 0 Å². The number of carbonyl (C=O) groups excluding carboxylic acids is 1. The normalized spacial score (nSPS) is 24.8. The van der Waals surface area contributed by atoms with Crippen LogP contribution < -0.4 is 10.3 Å². The van der Waals surface area contributed by atoms with Crippen LogP contribution >= 0.6 is 0 Å². The number of rotatable bonds is 2. The maximum atomic E-state index is 12.4. The summed E-state index contributed by atoms with van der Waals surface area (Å²) in [7, 11) is 0. The van der Waals surface area contributed by atoms with Gasteiger partial charge in [-0.05, 0) is 52.0 Å². The van der Waals surface area contributed by atoms with Gasteiger partial charge in [-0.25, -0.2) is 0 Å². The zero-order valence-corrected chi connectivity index (χ0v) is 14.2. The predicted molar refractivity (Wildman–Crippen MR) is 90.6 cm³/mol. The van der Waals surface area contributed by atoms with Crippen LogP contribution in [-0.2, 0) is 0 Å². The second-order valence-corrected chi connectivity index (χ2v) is 6.92. The lowest BCUT2D eigenvalue weighted by Crippen LogP contribution is -2.60. The lowest BCUT2D eigenvalue weighted by molar-refractivity contribution is -0.139. The summed E-state index contributed by atoms with van der Waals surface area (Å²) in [5.74, 6) is 0.485. The molecule has 2 unspecified atom stereocenters. The minimum Gasteiger partial charge on any atom is -0.484 e. The number of ketones is 1. The Balaban J connectivity index is 2.32. The summed E-state index contributed by atoms with van der Waals surface area (Å²) in [4.78, 5) is 24.1. The van der Waals surface area contributed by atoms with E-state index in [1.807, 2.05) is 0 Å². The fourth-order valence-corrected chi connectivity index (χ4v) is 3.16. The molecule has 0 radical (unpaired) electrons. The second kappa shape index (κ2) is 5.31. The summed E-state index contributed by atoms with van der Waals surface area (Å²) in [5.41, 5.74) is -1.36. The number of aliphatic hydroxyl groups is 1. The average Bonchev–Trinajstić information content (AvgIpc) is 2.49. The molecule has 2 aromatic rings. The monoisotopic (exact) mass is 327 g/mol.